The first-order valence-corrected chi connectivity index (χ1v) is 10.4. The maximum atomic E-state index is 12.7. The molecule has 0 aliphatic heterocycles. The Labute approximate surface area is 186 Å². The standard InChI is InChI=1S/C22H21BrN2O6/c1-3-12(2)20(22(28)29)24-25-21(27)18-11-15(26)19-16(5-4-6-17(19)31-18)30-14-9-7-13(23)8-10-14/h4-12,20,24H,3H2,1-2H3,(H,25,27)(H,28,29)/t12-,20-/m0/s1. The summed E-state index contributed by atoms with van der Waals surface area (Å²) in [6, 6.07) is 12.0. The summed E-state index contributed by atoms with van der Waals surface area (Å²) in [5.41, 5.74) is 4.51. The van der Waals surface area contributed by atoms with E-state index in [1.807, 2.05) is 19.1 Å². The third-order valence-electron chi connectivity index (χ3n) is 4.80. The van der Waals surface area contributed by atoms with Crippen LogP contribution in [0.25, 0.3) is 11.0 Å². The molecule has 9 heteroatoms. The number of fused-ring (bicyclic) bond motifs is 1. The predicted octanol–water partition coefficient (Wildman–Crippen LogP) is 4.08. The summed E-state index contributed by atoms with van der Waals surface area (Å²) >= 11 is 3.35. The number of hydrogen-bond acceptors (Lipinski definition) is 6. The van der Waals surface area contributed by atoms with Crippen molar-refractivity contribution in [2.45, 2.75) is 26.3 Å². The van der Waals surface area contributed by atoms with Crippen LogP contribution in [0.4, 0.5) is 0 Å². The molecule has 162 valence electrons. The van der Waals surface area contributed by atoms with Crippen molar-refractivity contribution in [2.24, 2.45) is 5.92 Å². The summed E-state index contributed by atoms with van der Waals surface area (Å²) in [6.07, 6.45) is 0.603. The van der Waals surface area contributed by atoms with Crippen molar-refractivity contribution in [2.75, 3.05) is 0 Å². The molecule has 3 rings (SSSR count). The van der Waals surface area contributed by atoms with E-state index in [0.29, 0.717) is 17.9 Å². The van der Waals surface area contributed by atoms with Crippen LogP contribution in [-0.4, -0.2) is 23.0 Å². The van der Waals surface area contributed by atoms with E-state index in [1.54, 1.807) is 37.3 Å². The molecule has 1 aromatic heterocycles. The molecule has 0 saturated carbocycles. The Hall–Kier alpha value is -3.17. The third kappa shape index (κ3) is 5.31. The first-order valence-electron chi connectivity index (χ1n) is 9.59. The highest BCUT2D eigenvalue weighted by atomic mass is 79.9. The first-order chi connectivity index (χ1) is 14.8. The maximum Gasteiger partial charge on any atom is 0.322 e. The second-order valence-corrected chi connectivity index (χ2v) is 7.88. The van der Waals surface area contributed by atoms with E-state index in [1.165, 1.54) is 0 Å². The summed E-state index contributed by atoms with van der Waals surface area (Å²) in [4.78, 5) is 36.6. The maximum absolute atomic E-state index is 12.7. The number of rotatable bonds is 8. The van der Waals surface area contributed by atoms with Crippen molar-refractivity contribution in [1.29, 1.82) is 0 Å². The van der Waals surface area contributed by atoms with E-state index < -0.39 is 23.3 Å². The van der Waals surface area contributed by atoms with Crippen molar-refractivity contribution >= 4 is 38.8 Å². The van der Waals surface area contributed by atoms with Crippen LogP contribution in [0.3, 0.4) is 0 Å². The van der Waals surface area contributed by atoms with E-state index in [-0.39, 0.29) is 22.6 Å². The summed E-state index contributed by atoms with van der Waals surface area (Å²) in [7, 11) is 0. The van der Waals surface area contributed by atoms with E-state index >= 15 is 0 Å². The van der Waals surface area contributed by atoms with Crippen LogP contribution in [-0.2, 0) is 4.79 Å². The average molecular weight is 489 g/mol. The summed E-state index contributed by atoms with van der Waals surface area (Å²) in [6.45, 7) is 3.60. The van der Waals surface area contributed by atoms with E-state index in [4.69, 9.17) is 9.15 Å². The van der Waals surface area contributed by atoms with Gasteiger partial charge in [-0.05, 0) is 42.3 Å². The van der Waals surface area contributed by atoms with Gasteiger partial charge in [0.1, 0.15) is 28.5 Å². The number of hydrogen-bond donors (Lipinski definition) is 3. The number of amides is 1. The number of nitrogens with one attached hydrogen (secondary N) is 2. The molecule has 0 radical (unpaired) electrons. The number of carboxylic acid groups (broad SMARTS) is 1. The number of hydrazine groups is 1. The van der Waals surface area contributed by atoms with Crippen LogP contribution in [0.1, 0.15) is 30.8 Å². The minimum atomic E-state index is -1.09. The van der Waals surface area contributed by atoms with Crippen LogP contribution in [0.5, 0.6) is 11.5 Å². The number of carbonyl (C=O) groups is 2. The van der Waals surface area contributed by atoms with E-state index in [9.17, 15) is 19.5 Å². The van der Waals surface area contributed by atoms with Crippen LogP contribution in [0.2, 0.25) is 0 Å². The predicted molar refractivity (Wildman–Crippen MR) is 118 cm³/mol. The van der Waals surface area contributed by atoms with Crippen LogP contribution >= 0.6 is 15.9 Å². The van der Waals surface area contributed by atoms with E-state index in [0.717, 1.165) is 10.5 Å². The van der Waals surface area contributed by atoms with Crippen LogP contribution in [0.15, 0.2) is 62.2 Å². The largest absolute Gasteiger partial charge is 0.480 e. The van der Waals surface area contributed by atoms with Gasteiger partial charge < -0.3 is 14.3 Å². The molecule has 0 aliphatic carbocycles. The molecule has 1 heterocycles. The third-order valence-corrected chi connectivity index (χ3v) is 5.33. The molecule has 0 aliphatic rings. The molecule has 2 atom stereocenters. The van der Waals surface area contributed by atoms with Crippen LogP contribution in [0, 0.1) is 5.92 Å². The molecular formula is C22H21BrN2O6. The van der Waals surface area contributed by atoms with Crippen molar-refractivity contribution in [3.63, 3.8) is 0 Å². The highest BCUT2D eigenvalue weighted by Gasteiger charge is 2.24. The van der Waals surface area contributed by atoms with E-state index in [2.05, 4.69) is 26.8 Å². The van der Waals surface area contributed by atoms with Crippen molar-refractivity contribution in [1.82, 2.24) is 10.9 Å². The molecule has 31 heavy (non-hydrogen) atoms. The molecule has 3 aromatic rings. The molecule has 0 unspecified atom stereocenters. The second-order valence-electron chi connectivity index (χ2n) is 6.96. The number of benzene rings is 2. The highest BCUT2D eigenvalue weighted by molar-refractivity contribution is 9.10. The number of carboxylic acids is 1. The Kier molecular flexibility index (Phi) is 7.09. The molecule has 0 fully saturated rings. The lowest BCUT2D eigenvalue weighted by Gasteiger charge is -2.20. The zero-order chi connectivity index (χ0) is 22.5. The summed E-state index contributed by atoms with van der Waals surface area (Å²) in [5, 5.41) is 9.50. The van der Waals surface area contributed by atoms with Gasteiger partial charge in [-0.25, -0.2) is 5.43 Å². The van der Waals surface area contributed by atoms with Gasteiger partial charge >= 0.3 is 11.9 Å². The lowest BCUT2D eigenvalue weighted by molar-refractivity contribution is -0.141. The monoisotopic (exact) mass is 488 g/mol. The highest BCUT2D eigenvalue weighted by Crippen LogP contribution is 2.29. The summed E-state index contributed by atoms with van der Waals surface area (Å²) < 4.78 is 12.3. The van der Waals surface area contributed by atoms with Gasteiger partial charge in [0.05, 0.1) is 0 Å². The zero-order valence-corrected chi connectivity index (χ0v) is 18.4. The number of aliphatic carboxylic acids is 1. The van der Waals surface area contributed by atoms with Gasteiger partial charge in [-0.2, -0.15) is 0 Å². The van der Waals surface area contributed by atoms with Crippen molar-refractivity contribution < 1.29 is 23.8 Å². The smallest absolute Gasteiger partial charge is 0.322 e. The lowest BCUT2D eigenvalue weighted by Crippen LogP contribution is -2.51. The molecular weight excluding hydrogens is 468 g/mol. The SMILES string of the molecule is CC[C@H](C)[C@H](NNC(=O)c1cc(=O)c2c(Oc3ccc(Br)cc3)cccc2o1)C(=O)O. The normalized spacial score (nSPS) is 12.9. The fourth-order valence-corrected chi connectivity index (χ4v) is 3.16. The Morgan fingerprint density at radius 1 is 1.19 bits per heavy atom. The molecule has 0 spiro atoms. The zero-order valence-electron chi connectivity index (χ0n) is 16.8. The molecule has 1 amide bonds. The minimum Gasteiger partial charge on any atom is -0.480 e. The Morgan fingerprint density at radius 2 is 1.90 bits per heavy atom. The van der Waals surface area contributed by atoms with Gasteiger partial charge in [-0.1, -0.05) is 42.3 Å². The molecule has 3 N–H and O–H groups in total. The van der Waals surface area contributed by atoms with Gasteiger partial charge in [0.2, 0.25) is 0 Å². The van der Waals surface area contributed by atoms with Crippen LogP contribution < -0.4 is 21.0 Å². The Bertz CT molecular complexity index is 1160. The second kappa shape index (κ2) is 9.76. The van der Waals surface area contributed by atoms with Crippen molar-refractivity contribution in [3.8, 4) is 11.5 Å². The van der Waals surface area contributed by atoms with Gasteiger partial charge in [0.25, 0.3) is 0 Å². The van der Waals surface area contributed by atoms with Crippen molar-refractivity contribution in [3.05, 3.63) is 69.0 Å². The number of carbonyl (C=O) groups excluding carboxylic acids is 1. The minimum absolute atomic E-state index is 0.170. The number of ether oxygens (including phenoxy) is 1. The molecule has 2 aromatic carbocycles. The quantitative estimate of drug-likeness (QED) is 0.408. The van der Waals surface area contributed by atoms with Gasteiger partial charge in [-0.15, -0.1) is 0 Å². The Balaban J connectivity index is 1.85. The Morgan fingerprint density at radius 3 is 2.55 bits per heavy atom. The average Bonchev–Trinajstić information content (AvgIpc) is 2.74. The topological polar surface area (TPSA) is 118 Å². The fourth-order valence-electron chi connectivity index (χ4n) is 2.89. The number of halogens is 1. The van der Waals surface area contributed by atoms with Gasteiger partial charge in [-0.3, -0.25) is 19.8 Å². The van der Waals surface area contributed by atoms with Gasteiger partial charge in [0.15, 0.2) is 11.2 Å². The molecule has 8 nitrogen and oxygen atoms in total. The first kappa shape index (κ1) is 22.5. The molecule has 0 bridgehead atoms. The summed E-state index contributed by atoms with van der Waals surface area (Å²) in [5.74, 6) is -1.50. The molecule has 0 saturated heterocycles. The fraction of sp³-hybridized carbons (Fsp3) is 0.227. The van der Waals surface area contributed by atoms with Gasteiger partial charge in [0, 0.05) is 10.5 Å². The lowest BCUT2D eigenvalue weighted by atomic mass is 10.0.